The van der Waals surface area contributed by atoms with E-state index in [0.29, 0.717) is 20.2 Å². The van der Waals surface area contributed by atoms with E-state index in [2.05, 4.69) is 36.9 Å². The van der Waals surface area contributed by atoms with Crippen LogP contribution in [-0.2, 0) is 0 Å². The number of phenolic OH excluding ortho intramolecular Hbond substituents is 2. The standard InChI is InChI=1S/C14H10Br2ClNO2/c1-7-2-8(14(20)12(17)3-7)6-18-13-10(15)4-9(19)5-11(13)16/h2-6,19-20H,1H3. The Labute approximate surface area is 138 Å². The van der Waals surface area contributed by atoms with Gasteiger partial charge in [0.05, 0.1) is 10.7 Å². The first-order valence-electron chi connectivity index (χ1n) is 5.59. The molecule has 0 fully saturated rings. The van der Waals surface area contributed by atoms with Gasteiger partial charge in [0.2, 0.25) is 0 Å². The molecule has 2 aromatic carbocycles. The van der Waals surface area contributed by atoms with Crippen LogP contribution in [0, 0.1) is 6.92 Å². The van der Waals surface area contributed by atoms with Gasteiger partial charge in [-0.15, -0.1) is 0 Å². The van der Waals surface area contributed by atoms with Crippen LogP contribution in [0.2, 0.25) is 5.02 Å². The Hall–Kier alpha value is -1.04. The lowest BCUT2D eigenvalue weighted by molar-refractivity contribution is 0.474. The first-order valence-corrected chi connectivity index (χ1v) is 7.56. The molecule has 0 aromatic heterocycles. The van der Waals surface area contributed by atoms with Crippen molar-refractivity contribution in [2.45, 2.75) is 6.92 Å². The van der Waals surface area contributed by atoms with E-state index in [9.17, 15) is 10.2 Å². The Morgan fingerprint density at radius 3 is 2.30 bits per heavy atom. The second kappa shape index (κ2) is 6.16. The summed E-state index contributed by atoms with van der Waals surface area (Å²) in [6.45, 7) is 1.88. The fraction of sp³-hybridized carbons (Fsp3) is 0.0714. The van der Waals surface area contributed by atoms with Gasteiger partial charge in [-0.1, -0.05) is 11.6 Å². The highest BCUT2D eigenvalue weighted by atomic mass is 79.9. The fourth-order valence-electron chi connectivity index (χ4n) is 1.67. The van der Waals surface area contributed by atoms with Gasteiger partial charge in [0.15, 0.2) is 0 Å². The fourth-order valence-corrected chi connectivity index (χ4v) is 3.32. The van der Waals surface area contributed by atoms with Crippen LogP contribution in [0.4, 0.5) is 5.69 Å². The average Bonchev–Trinajstić information content (AvgIpc) is 2.33. The summed E-state index contributed by atoms with van der Waals surface area (Å²) in [4.78, 5) is 4.31. The molecule has 0 saturated carbocycles. The van der Waals surface area contributed by atoms with Gasteiger partial charge in [0.1, 0.15) is 11.5 Å². The second-order valence-electron chi connectivity index (χ2n) is 4.20. The van der Waals surface area contributed by atoms with Gasteiger partial charge in [-0.25, -0.2) is 0 Å². The molecule has 2 rings (SSSR count). The predicted octanol–water partition coefficient (Wildman–Crippen LogP) is 5.34. The Bertz CT molecular complexity index is 679. The highest BCUT2D eigenvalue weighted by molar-refractivity contribution is 9.11. The van der Waals surface area contributed by atoms with Crippen molar-refractivity contribution >= 4 is 55.4 Å². The lowest BCUT2D eigenvalue weighted by Gasteiger charge is -2.05. The van der Waals surface area contributed by atoms with E-state index in [0.717, 1.165) is 5.56 Å². The zero-order valence-electron chi connectivity index (χ0n) is 10.4. The molecule has 20 heavy (non-hydrogen) atoms. The number of rotatable bonds is 2. The lowest BCUT2D eigenvalue weighted by Crippen LogP contribution is -1.86. The third-order valence-corrected chi connectivity index (χ3v) is 4.07. The summed E-state index contributed by atoms with van der Waals surface area (Å²) in [5.74, 6) is 0.121. The van der Waals surface area contributed by atoms with Gasteiger partial charge in [-0.2, -0.15) is 0 Å². The van der Waals surface area contributed by atoms with Crippen molar-refractivity contribution in [2.24, 2.45) is 4.99 Å². The summed E-state index contributed by atoms with van der Waals surface area (Å²) < 4.78 is 1.28. The van der Waals surface area contributed by atoms with E-state index in [-0.39, 0.29) is 16.5 Å². The number of phenols is 2. The van der Waals surface area contributed by atoms with Crippen LogP contribution >= 0.6 is 43.5 Å². The molecular formula is C14H10Br2ClNO2. The van der Waals surface area contributed by atoms with Crippen molar-refractivity contribution in [3.8, 4) is 11.5 Å². The molecule has 0 radical (unpaired) electrons. The normalized spacial score (nSPS) is 11.2. The van der Waals surface area contributed by atoms with Crippen molar-refractivity contribution in [1.82, 2.24) is 0 Å². The second-order valence-corrected chi connectivity index (χ2v) is 6.32. The Morgan fingerprint density at radius 2 is 1.70 bits per heavy atom. The Morgan fingerprint density at radius 1 is 1.10 bits per heavy atom. The molecular weight excluding hydrogens is 409 g/mol. The molecule has 0 aliphatic heterocycles. The number of aromatic hydroxyl groups is 2. The van der Waals surface area contributed by atoms with Crippen molar-refractivity contribution in [3.63, 3.8) is 0 Å². The van der Waals surface area contributed by atoms with Crippen molar-refractivity contribution in [1.29, 1.82) is 0 Å². The van der Waals surface area contributed by atoms with E-state index >= 15 is 0 Å². The largest absolute Gasteiger partial charge is 0.508 e. The number of halogens is 3. The molecule has 3 nitrogen and oxygen atoms in total. The van der Waals surface area contributed by atoms with Crippen LogP contribution in [-0.4, -0.2) is 16.4 Å². The van der Waals surface area contributed by atoms with Gasteiger partial charge in [-0.3, -0.25) is 4.99 Å². The Balaban J connectivity index is 2.45. The zero-order chi connectivity index (χ0) is 14.9. The minimum absolute atomic E-state index is 0.00737. The van der Waals surface area contributed by atoms with Gasteiger partial charge >= 0.3 is 0 Å². The average molecular weight is 420 g/mol. The van der Waals surface area contributed by atoms with Crippen LogP contribution in [0.3, 0.4) is 0 Å². The highest BCUT2D eigenvalue weighted by Crippen LogP contribution is 2.37. The molecule has 0 bridgehead atoms. The number of aliphatic imine (C=N–C) groups is 1. The quantitative estimate of drug-likeness (QED) is 0.646. The third-order valence-electron chi connectivity index (χ3n) is 2.57. The maximum Gasteiger partial charge on any atom is 0.142 e. The van der Waals surface area contributed by atoms with E-state index in [1.807, 2.05) is 6.92 Å². The summed E-state index contributed by atoms with van der Waals surface area (Å²) in [7, 11) is 0. The molecule has 0 heterocycles. The van der Waals surface area contributed by atoms with Crippen molar-refractivity contribution < 1.29 is 10.2 Å². The number of aryl methyl sites for hydroxylation is 1. The van der Waals surface area contributed by atoms with Crippen LogP contribution in [0.5, 0.6) is 11.5 Å². The molecule has 0 atom stereocenters. The minimum atomic E-state index is -0.00737. The summed E-state index contributed by atoms with van der Waals surface area (Å²) >= 11 is 12.6. The molecule has 2 aromatic rings. The topological polar surface area (TPSA) is 52.8 Å². The van der Waals surface area contributed by atoms with Crippen molar-refractivity contribution in [3.05, 3.63) is 49.4 Å². The first kappa shape index (κ1) is 15.4. The lowest BCUT2D eigenvalue weighted by atomic mass is 10.1. The molecule has 0 aliphatic rings. The summed E-state index contributed by atoms with van der Waals surface area (Å²) in [5, 5.41) is 19.6. The number of hydrogen-bond donors (Lipinski definition) is 2. The SMILES string of the molecule is Cc1cc(Cl)c(O)c(C=Nc2c(Br)cc(O)cc2Br)c1. The smallest absolute Gasteiger partial charge is 0.142 e. The molecule has 0 spiro atoms. The number of hydrogen-bond acceptors (Lipinski definition) is 3. The van der Waals surface area contributed by atoms with Crippen LogP contribution in [0.25, 0.3) is 0 Å². The molecule has 6 heteroatoms. The zero-order valence-corrected chi connectivity index (χ0v) is 14.3. The minimum Gasteiger partial charge on any atom is -0.508 e. The molecule has 104 valence electrons. The van der Waals surface area contributed by atoms with E-state index < -0.39 is 0 Å². The van der Waals surface area contributed by atoms with Gasteiger partial charge in [0.25, 0.3) is 0 Å². The van der Waals surface area contributed by atoms with Gasteiger partial charge < -0.3 is 10.2 Å². The number of nitrogens with zero attached hydrogens (tertiary/aromatic N) is 1. The maximum atomic E-state index is 9.90. The third kappa shape index (κ3) is 3.34. The molecule has 2 N–H and O–H groups in total. The Kier molecular flexibility index (Phi) is 4.73. The maximum absolute atomic E-state index is 9.90. The van der Waals surface area contributed by atoms with Crippen LogP contribution in [0.1, 0.15) is 11.1 Å². The van der Waals surface area contributed by atoms with E-state index in [1.54, 1.807) is 24.3 Å². The highest BCUT2D eigenvalue weighted by Gasteiger charge is 2.08. The predicted molar refractivity (Wildman–Crippen MR) is 88.6 cm³/mol. The van der Waals surface area contributed by atoms with Crippen LogP contribution in [0.15, 0.2) is 38.2 Å². The summed E-state index contributed by atoms with van der Waals surface area (Å²) in [6, 6.07) is 6.55. The van der Waals surface area contributed by atoms with Gasteiger partial charge in [0, 0.05) is 20.7 Å². The van der Waals surface area contributed by atoms with Crippen molar-refractivity contribution in [2.75, 3.05) is 0 Å². The molecule has 0 unspecified atom stereocenters. The van der Waals surface area contributed by atoms with E-state index in [4.69, 9.17) is 11.6 Å². The van der Waals surface area contributed by atoms with Crippen LogP contribution < -0.4 is 0 Å². The first-order chi connectivity index (χ1) is 9.38. The summed E-state index contributed by atoms with van der Waals surface area (Å²) in [5.41, 5.74) is 2.07. The summed E-state index contributed by atoms with van der Waals surface area (Å²) in [6.07, 6.45) is 1.52. The van der Waals surface area contributed by atoms with Gasteiger partial charge in [-0.05, 0) is 68.6 Å². The molecule has 0 amide bonds. The van der Waals surface area contributed by atoms with E-state index in [1.165, 1.54) is 6.21 Å². The molecule has 0 aliphatic carbocycles. The number of benzene rings is 2. The molecule has 0 saturated heterocycles. The monoisotopic (exact) mass is 417 g/mol.